The minimum absolute atomic E-state index is 0.316. The van der Waals surface area contributed by atoms with Crippen molar-refractivity contribution in [2.45, 2.75) is 26.3 Å². The molecule has 0 atom stereocenters. The molecule has 0 unspecified atom stereocenters. The molecule has 1 heterocycles. The van der Waals surface area contributed by atoms with Crippen molar-refractivity contribution >= 4 is 23.7 Å². The van der Waals surface area contributed by atoms with Crippen LogP contribution in [0.2, 0.25) is 5.02 Å². The summed E-state index contributed by atoms with van der Waals surface area (Å²) in [4.78, 5) is 12.2. The van der Waals surface area contributed by atoms with Crippen molar-refractivity contribution in [2.75, 3.05) is 0 Å². The molecule has 0 saturated carbocycles. The normalized spacial score (nSPS) is 11.3. The summed E-state index contributed by atoms with van der Waals surface area (Å²) < 4.78 is 1.70. The van der Waals surface area contributed by atoms with E-state index in [1.54, 1.807) is 23.2 Å². The van der Waals surface area contributed by atoms with Gasteiger partial charge in [-0.3, -0.25) is 9.48 Å². The van der Waals surface area contributed by atoms with Crippen LogP contribution in [0.3, 0.4) is 0 Å². The number of hydrogen-bond acceptors (Lipinski definition) is 3. The summed E-state index contributed by atoms with van der Waals surface area (Å²) in [5.74, 6) is 0.138. The van der Waals surface area contributed by atoms with Gasteiger partial charge in [0.15, 0.2) is 5.69 Å². The minimum Gasteiger partial charge on any atom is -0.268 e. The zero-order chi connectivity index (χ0) is 19.2. The topological polar surface area (TPSA) is 59.3 Å². The van der Waals surface area contributed by atoms with E-state index in [1.807, 2.05) is 36.4 Å². The Hall–Kier alpha value is -2.92. The van der Waals surface area contributed by atoms with E-state index in [0.29, 0.717) is 23.2 Å². The van der Waals surface area contributed by atoms with Crippen LogP contribution in [-0.2, 0) is 6.54 Å². The molecule has 0 radical (unpaired) electrons. The monoisotopic (exact) mass is 380 g/mol. The van der Waals surface area contributed by atoms with Gasteiger partial charge in [-0.25, -0.2) is 5.43 Å². The van der Waals surface area contributed by atoms with E-state index in [2.05, 4.69) is 41.6 Å². The lowest BCUT2D eigenvalue weighted by Gasteiger charge is -2.04. The Bertz CT molecular complexity index is 928. The maximum atomic E-state index is 12.2. The highest BCUT2D eigenvalue weighted by Crippen LogP contribution is 2.14. The first kappa shape index (κ1) is 18.9. The van der Waals surface area contributed by atoms with E-state index in [-0.39, 0.29) is 5.91 Å². The summed E-state index contributed by atoms with van der Waals surface area (Å²) in [7, 11) is 0. The van der Waals surface area contributed by atoms with Crippen LogP contribution in [0.5, 0.6) is 0 Å². The molecule has 27 heavy (non-hydrogen) atoms. The highest BCUT2D eigenvalue weighted by molar-refractivity contribution is 6.30. The van der Waals surface area contributed by atoms with Crippen LogP contribution in [0.15, 0.2) is 65.9 Å². The van der Waals surface area contributed by atoms with Gasteiger partial charge in [0.2, 0.25) is 0 Å². The number of rotatable bonds is 6. The second-order valence-electron chi connectivity index (χ2n) is 6.55. The number of amides is 1. The third-order valence-corrected chi connectivity index (χ3v) is 4.37. The van der Waals surface area contributed by atoms with Crippen LogP contribution in [0.25, 0.3) is 0 Å². The molecule has 2 aromatic carbocycles. The predicted octanol–water partition coefficient (Wildman–Crippen LogP) is 4.47. The molecule has 0 saturated heterocycles. The standard InChI is InChI=1S/C21H21ClN4O/c1-15(2)18-7-3-16(4-8-18)13-23-24-21(27)20-11-12-26(25-20)14-17-5-9-19(22)10-6-17/h3-13,15H,14H2,1-2H3,(H,24,27)/b23-13-. The van der Waals surface area contributed by atoms with Crippen molar-refractivity contribution in [3.63, 3.8) is 0 Å². The predicted molar refractivity (Wildman–Crippen MR) is 108 cm³/mol. The molecule has 1 N–H and O–H groups in total. The first-order valence-corrected chi connectivity index (χ1v) is 9.10. The lowest BCUT2D eigenvalue weighted by atomic mass is 10.0. The Balaban J connectivity index is 1.56. The summed E-state index contributed by atoms with van der Waals surface area (Å²) in [5.41, 5.74) is 6.07. The van der Waals surface area contributed by atoms with Crippen molar-refractivity contribution in [2.24, 2.45) is 5.10 Å². The van der Waals surface area contributed by atoms with Crippen LogP contribution in [0.1, 0.15) is 46.9 Å². The summed E-state index contributed by atoms with van der Waals surface area (Å²) in [6.07, 6.45) is 3.38. The quantitative estimate of drug-likeness (QED) is 0.506. The van der Waals surface area contributed by atoms with Gasteiger partial charge in [-0.2, -0.15) is 10.2 Å². The van der Waals surface area contributed by atoms with Crippen molar-refractivity contribution in [3.05, 3.63) is 88.2 Å². The van der Waals surface area contributed by atoms with E-state index in [4.69, 9.17) is 11.6 Å². The van der Waals surface area contributed by atoms with Crippen molar-refractivity contribution in [3.8, 4) is 0 Å². The third kappa shape index (κ3) is 5.28. The number of halogens is 1. The third-order valence-electron chi connectivity index (χ3n) is 4.11. The number of hydrazone groups is 1. The molecule has 5 nitrogen and oxygen atoms in total. The number of hydrogen-bond donors (Lipinski definition) is 1. The molecule has 6 heteroatoms. The fourth-order valence-corrected chi connectivity index (χ4v) is 2.66. The smallest absolute Gasteiger partial charge is 0.268 e. The second kappa shape index (κ2) is 8.64. The molecule has 0 aliphatic heterocycles. The molecule has 0 fully saturated rings. The van der Waals surface area contributed by atoms with Gasteiger partial charge in [0, 0.05) is 11.2 Å². The average Bonchev–Trinajstić information content (AvgIpc) is 3.12. The second-order valence-corrected chi connectivity index (χ2v) is 6.98. The van der Waals surface area contributed by atoms with E-state index in [1.165, 1.54) is 5.56 Å². The van der Waals surface area contributed by atoms with Gasteiger partial charge in [-0.15, -0.1) is 0 Å². The number of aromatic nitrogens is 2. The van der Waals surface area contributed by atoms with Crippen LogP contribution in [0.4, 0.5) is 0 Å². The fraction of sp³-hybridized carbons (Fsp3) is 0.190. The van der Waals surface area contributed by atoms with Crippen LogP contribution in [-0.4, -0.2) is 21.9 Å². The Kier molecular flexibility index (Phi) is 6.04. The number of carbonyl (C=O) groups is 1. The van der Waals surface area contributed by atoms with Gasteiger partial charge in [-0.1, -0.05) is 61.8 Å². The largest absolute Gasteiger partial charge is 0.291 e. The highest BCUT2D eigenvalue weighted by atomic mass is 35.5. The van der Waals surface area contributed by atoms with Crippen molar-refractivity contribution < 1.29 is 4.79 Å². The van der Waals surface area contributed by atoms with E-state index in [9.17, 15) is 4.79 Å². The lowest BCUT2D eigenvalue weighted by Crippen LogP contribution is -2.18. The molecule has 0 spiro atoms. The molecule has 0 bridgehead atoms. The number of nitrogens with zero attached hydrogens (tertiary/aromatic N) is 3. The van der Waals surface area contributed by atoms with Crippen LogP contribution < -0.4 is 5.43 Å². The van der Waals surface area contributed by atoms with Crippen molar-refractivity contribution in [1.82, 2.24) is 15.2 Å². The molecule has 3 rings (SSSR count). The maximum Gasteiger partial charge on any atom is 0.291 e. The zero-order valence-corrected chi connectivity index (χ0v) is 16.0. The highest BCUT2D eigenvalue weighted by Gasteiger charge is 2.08. The Morgan fingerprint density at radius 2 is 1.85 bits per heavy atom. The lowest BCUT2D eigenvalue weighted by molar-refractivity contribution is 0.0949. The molecule has 3 aromatic rings. The van der Waals surface area contributed by atoms with Crippen LogP contribution >= 0.6 is 11.6 Å². The van der Waals surface area contributed by atoms with E-state index in [0.717, 1.165) is 11.1 Å². The first-order chi connectivity index (χ1) is 13.0. The van der Waals surface area contributed by atoms with Gasteiger partial charge in [0.1, 0.15) is 0 Å². The van der Waals surface area contributed by atoms with Crippen LogP contribution in [0, 0.1) is 0 Å². The summed E-state index contributed by atoms with van der Waals surface area (Å²) in [6.45, 7) is 4.86. The van der Waals surface area contributed by atoms with E-state index < -0.39 is 0 Å². The molecule has 138 valence electrons. The van der Waals surface area contributed by atoms with Crippen molar-refractivity contribution in [1.29, 1.82) is 0 Å². The SMILES string of the molecule is CC(C)c1ccc(/C=N\NC(=O)c2ccn(Cc3ccc(Cl)cc3)n2)cc1. The Morgan fingerprint density at radius 1 is 1.15 bits per heavy atom. The van der Waals surface area contributed by atoms with E-state index >= 15 is 0 Å². The number of nitrogens with one attached hydrogen (secondary N) is 1. The summed E-state index contributed by atoms with van der Waals surface area (Å²) in [5, 5.41) is 8.98. The van der Waals surface area contributed by atoms with Gasteiger partial charge in [-0.05, 0) is 40.8 Å². The van der Waals surface area contributed by atoms with Gasteiger partial charge < -0.3 is 0 Å². The summed E-state index contributed by atoms with van der Waals surface area (Å²) in [6, 6.07) is 17.3. The molecular weight excluding hydrogens is 360 g/mol. The summed E-state index contributed by atoms with van der Waals surface area (Å²) >= 11 is 5.89. The van der Waals surface area contributed by atoms with Gasteiger partial charge in [0.05, 0.1) is 12.8 Å². The van der Waals surface area contributed by atoms with Gasteiger partial charge in [0.25, 0.3) is 5.91 Å². The Morgan fingerprint density at radius 3 is 2.52 bits per heavy atom. The maximum absolute atomic E-state index is 12.2. The molecule has 1 aromatic heterocycles. The Labute approximate surface area is 163 Å². The molecule has 0 aliphatic carbocycles. The fourth-order valence-electron chi connectivity index (χ4n) is 2.54. The minimum atomic E-state index is -0.347. The van der Waals surface area contributed by atoms with Gasteiger partial charge >= 0.3 is 0 Å². The average molecular weight is 381 g/mol. The number of carbonyl (C=O) groups excluding carboxylic acids is 1. The number of benzene rings is 2. The first-order valence-electron chi connectivity index (χ1n) is 8.72. The molecule has 0 aliphatic rings. The molecular formula is C21H21ClN4O. The molecule has 1 amide bonds. The zero-order valence-electron chi connectivity index (χ0n) is 15.3.